The van der Waals surface area contributed by atoms with Gasteiger partial charge in [-0.2, -0.15) is 0 Å². The number of nitrogens with two attached hydrogens (primary N) is 1. The van der Waals surface area contributed by atoms with Crippen LogP contribution in [0.3, 0.4) is 0 Å². The molecule has 1 rings (SSSR count). The fourth-order valence-electron chi connectivity index (χ4n) is 2.10. The molecule has 1 aromatic rings. The minimum Gasteiger partial charge on any atom is -0.465 e. The maximum atomic E-state index is 11.9. The summed E-state index contributed by atoms with van der Waals surface area (Å²) in [5, 5.41) is 2.92. The molecule has 1 atom stereocenters. The molecule has 0 aliphatic heterocycles. The van der Waals surface area contributed by atoms with Crippen LogP contribution in [0.15, 0.2) is 12.1 Å². The Kier molecular flexibility index (Phi) is 5.84. The normalized spacial score (nSPS) is 11.7. The van der Waals surface area contributed by atoms with Gasteiger partial charge in [-0.05, 0) is 12.1 Å². The van der Waals surface area contributed by atoms with Crippen LogP contribution in [0.2, 0.25) is 5.02 Å². The van der Waals surface area contributed by atoms with Crippen molar-refractivity contribution in [3.05, 3.63) is 22.7 Å². The molecule has 0 spiro atoms. The third kappa shape index (κ3) is 4.01. The molecule has 0 aliphatic rings. The summed E-state index contributed by atoms with van der Waals surface area (Å²) in [4.78, 5) is 25.2. The first-order valence-electron chi connectivity index (χ1n) is 6.41. The van der Waals surface area contributed by atoms with Crippen molar-refractivity contribution in [3.63, 3.8) is 0 Å². The number of ether oxygens (including phenoxy) is 1. The van der Waals surface area contributed by atoms with E-state index < -0.39 is 5.97 Å². The highest BCUT2D eigenvalue weighted by molar-refractivity contribution is 6.34. The van der Waals surface area contributed by atoms with Gasteiger partial charge in [0.1, 0.15) is 0 Å². The van der Waals surface area contributed by atoms with Crippen LogP contribution in [0.1, 0.15) is 17.3 Å². The van der Waals surface area contributed by atoms with Gasteiger partial charge in [0.25, 0.3) is 0 Å². The van der Waals surface area contributed by atoms with Crippen molar-refractivity contribution in [3.8, 4) is 0 Å². The highest BCUT2D eigenvalue weighted by Gasteiger charge is 2.22. The average molecular weight is 314 g/mol. The molecule has 0 fully saturated rings. The van der Waals surface area contributed by atoms with Crippen LogP contribution in [0.5, 0.6) is 0 Å². The van der Waals surface area contributed by atoms with Crippen molar-refractivity contribution >= 4 is 34.9 Å². The van der Waals surface area contributed by atoms with E-state index in [2.05, 4.69) is 5.32 Å². The van der Waals surface area contributed by atoms with E-state index in [4.69, 9.17) is 22.1 Å². The fraction of sp³-hybridized carbons (Fsp3) is 0.429. The first kappa shape index (κ1) is 17.1. The maximum absolute atomic E-state index is 11.9. The Morgan fingerprint density at radius 3 is 2.62 bits per heavy atom. The lowest BCUT2D eigenvalue weighted by molar-refractivity contribution is -0.123. The number of nitrogens with one attached hydrogen (secondary N) is 1. The summed E-state index contributed by atoms with van der Waals surface area (Å²) in [5.41, 5.74) is 6.86. The zero-order valence-electron chi connectivity index (χ0n) is 12.6. The Morgan fingerprint density at radius 2 is 2.10 bits per heavy atom. The molecule has 3 N–H and O–H groups in total. The van der Waals surface area contributed by atoms with Gasteiger partial charge in [0, 0.05) is 26.3 Å². The number of hydrogen-bond acceptors (Lipinski definition) is 5. The van der Waals surface area contributed by atoms with Crippen LogP contribution in [0.25, 0.3) is 0 Å². The topological polar surface area (TPSA) is 84.7 Å². The van der Waals surface area contributed by atoms with Crippen LogP contribution in [0, 0.1) is 5.92 Å². The van der Waals surface area contributed by atoms with E-state index in [9.17, 15) is 9.59 Å². The second-order valence-corrected chi connectivity index (χ2v) is 5.19. The van der Waals surface area contributed by atoms with Gasteiger partial charge in [-0.1, -0.05) is 18.5 Å². The fourth-order valence-corrected chi connectivity index (χ4v) is 2.48. The molecule has 116 valence electrons. The van der Waals surface area contributed by atoms with Crippen molar-refractivity contribution in [2.75, 3.05) is 38.4 Å². The Morgan fingerprint density at radius 1 is 1.48 bits per heavy atom. The van der Waals surface area contributed by atoms with E-state index in [1.54, 1.807) is 32.0 Å². The third-order valence-corrected chi connectivity index (χ3v) is 3.40. The molecule has 1 aromatic carbocycles. The van der Waals surface area contributed by atoms with Gasteiger partial charge in [-0.3, -0.25) is 4.79 Å². The van der Waals surface area contributed by atoms with Crippen molar-refractivity contribution in [1.82, 2.24) is 5.32 Å². The summed E-state index contributed by atoms with van der Waals surface area (Å²) in [6, 6.07) is 3.07. The molecule has 7 heteroatoms. The van der Waals surface area contributed by atoms with Crippen LogP contribution in [0.4, 0.5) is 11.4 Å². The number of nitrogen functional groups attached to an aromatic ring is 1. The van der Waals surface area contributed by atoms with Crippen LogP contribution < -0.4 is 16.0 Å². The number of benzene rings is 1. The maximum Gasteiger partial charge on any atom is 0.340 e. The highest BCUT2D eigenvalue weighted by atomic mass is 35.5. The smallest absolute Gasteiger partial charge is 0.340 e. The van der Waals surface area contributed by atoms with Gasteiger partial charge in [0.15, 0.2) is 0 Å². The van der Waals surface area contributed by atoms with Crippen molar-refractivity contribution in [2.45, 2.75) is 6.92 Å². The van der Waals surface area contributed by atoms with Gasteiger partial charge in [-0.25, -0.2) is 4.79 Å². The molecule has 0 radical (unpaired) electrons. The summed E-state index contributed by atoms with van der Waals surface area (Å²) >= 11 is 6.20. The largest absolute Gasteiger partial charge is 0.465 e. The number of carbonyl (C=O) groups excluding carboxylic acids is 2. The summed E-state index contributed by atoms with van der Waals surface area (Å²) in [6.07, 6.45) is 0. The quantitative estimate of drug-likeness (QED) is 0.636. The molecule has 21 heavy (non-hydrogen) atoms. The summed E-state index contributed by atoms with van der Waals surface area (Å²) in [5.74, 6) is -0.884. The van der Waals surface area contributed by atoms with Gasteiger partial charge in [-0.15, -0.1) is 0 Å². The number of amides is 1. The summed E-state index contributed by atoms with van der Waals surface area (Å²) in [6.45, 7) is 2.19. The first-order valence-corrected chi connectivity index (χ1v) is 6.79. The SMILES string of the molecule is CNC(=O)C(C)CN(C)c1c(Cl)cc(N)cc1C(=O)OC. The minimum atomic E-state index is -0.529. The molecule has 0 heterocycles. The molecule has 0 saturated heterocycles. The molecule has 0 saturated carbocycles. The number of nitrogens with zero attached hydrogens (tertiary/aromatic N) is 1. The van der Waals surface area contributed by atoms with E-state index in [0.717, 1.165) is 0 Å². The second kappa shape index (κ2) is 7.17. The monoisotopic (exact) mass is 313 g/mol. The lowest BCUT2D eigenvalue weighted by Gasteiger charge is -2.25. The van der Waals surface area contributed by atoms with Gasteiger partial charge in [0.2, 0.25) is 5.91 Å². The van der Waals surface area contributed by atoms with Gasteiger partial charge in [0.05, 0.1) is 29.3 Å². The van der Waals surface area contributed by atoms with E-state index >= 15 is 0 Å². The number of esters is 1. The predicted molar refractivity (Wildman–Crippen MR) is 83.7 cm³/mol. The lowest BCUT2D eigenvalue weighted by atomic mass is 10.1. The number of anilines is 2. The zero-order valence-corrected chi connectivity index (χ0v) is 13.3. The number of methoxy groups -OCH3 is 1. The number of carbonyl (C=O) groups is 2. The first-order chi connectivity index (χ1) is 9.81. The van der Waals surface area contributed by atoms with Crippen molar-refractivity contribution in [1.29, 1.82) is 0 Å². The Hall–Kier alpha value is -1.95. The van der Waals surface area contributed by atoms with Gasteiger partial charge >= 0.3 is 5.97 Å². The Labute approximate surface area is 129 Å². The van der Waals surface area contributed by atoms with E-state index in [0.29, 0.717) is 22.9 Å². The second-order valence-electron chi connectivity index (χ2n) is 4.79. The molecular formula is C14H20ClN3O3. The highest BCUT2D eigenvalue weighted by Crippen LogP contribution is 2.32. The number of hydrogen-bond donors (Lipinski definition) is 2. The van der Waals surface area contributed by atoms with Crippen LogP contribution >= 0.6 is 11.6 Å². The zero-order chi connectivity index (χ0) is 16.2. The Bertz CT molecular complexity index is 549. The molecule has 6 nitrogen and oxygen atoms in total. The molecule has 0 bridgehead atoms. The molecule has 1 unspecified atom stereocenters. The molecule has 0 aromatic heterocycles. The van der Waals surface area contributed by atoms with Crippen molar-refractivity contribution < 1.29 is 14.3 Å². The standard InChI is InChI=1S/C14H20ClN3O3/c1-8(13(19)17-2)7-18(3)12-10(14(20)21-4)5-9(16)6-11(12)15/h5-6,8H,7,16H2,1-4H3,(H,17,19). The predicted octanol–water partition coefficient (Wildman–Crippen LogP) is 1.53. The number of halogens is 1. The molecule has 1 amide bonds. The van der Waals surface area contributed by atoms with E-state index in [-0.39, 0.29) is 17.4 Å². The van der Waals surface area contributed by atoms with E-state index in [1.807, 2.05) is 0 Å². The third-order valence-electron chi connectivity index (χ3n) is 3.11. The van der Waals surface area contributed by atoms with Gasteiger partial charge < -0.3 is 20.7 Å². The molecular weight excluding hydrogens is 294 g/mol. The average Bonchev–Trinajstić information content (AvgIpc) is 2.44. The van der Waals surface area contributed by atoms with Crippen LogP contribution in [-0.4, -0.2) is 39.6 Å². The number of rotatable bonds is 5. The summed E-state index contributed by atoms with van der Waals surface area (Å²) in [7, 11) is 4.62. The Balaban J connectivity index is 3.16. The van der Waals surface area contributed by atoms with Crippen LogP contribution in [-0.2, 0) is 9.53 Å². The summed E-state index contributed by atoms with van der Waals surface area (Å²) < 4.78 is 4.75. The minimum absolute atomic E-state index is 0.0898. The van der Waals surface area contributed by atoms with Crippen molar-refractivity contribution in [2.24, 2.45) is 5.92 Å². The lowest BCUT2D eigenvalue weighted by Crippen LogP contribution is -2.35. The van der Waals surface area contributed by atoms with E-state index in [1.165, 1.54) is 13.2 Å². The molecule has 0 aliphatic carbocycles.